The Morgan fingerprint density at radius 1 is 1.11 bits per heavy atom. The van der Waals surface area contributed by atoms with E-state index in [1.54, 1.807) is 31.2 Å². The van der Waals surface area contributed by atoms with E-state index in [4.69, 9.17) is 4.84 Å². The SMILES string of the molecule is CCCCCCC1CCC/C=C\CC(C(=O)N(C)C)CC(CN(C)OC)NC(=O)[C@@H](CC(C)C)NC(=O)C1. The number of likely N-dealkylation sites (N-methyl/N-ethyl adjacent to an activating group) is 1. The molecule has 1 heterocycles. The molecule has 3 amide bonds. The van der Waals surface area contributed by atoms with Gasteiger partial charge in [-0.3, -0.25) is 14.4 Å². The molecule has 0 fully saturated rings. The average molecular weight is 537 g/mol. The van der Waals surface area contributed by atoms with Crippen LogP contribution in [0.5, 0.6) is 0 Å². The Labute approximate surface area is 232 Å². The van der Waals surface area contributed by atoms with Gasteiger partial charge in [0.05, 0.1) is 7.11 Å². The molecule has 8 nitrogen and oxygen atoms in total. The number of hydroxylamine groups is 2. The van der Waals surface area contributed by atoms with Gasteiger partial charge in [0.25, 0.3) is 0 Å². The third-order valence-corrected chi connectivity index (χ3v) is 7.36. The highest BCUT2D eigenvalue weighted by atomic mass is 16.7. The highest BCUT2D eigenvalue weighted by Crippen LogP contribution is 2.22. The number of amides is 3. The molecule has 8 heteroatoms. The number of nitrogens with zero attached hydrogens (tertiary/aromatic N) is 2. The molecule has 4 atom stereocenters. The second-order valence-electron chi connectivity index (χ2n) is 11.7. The van der Waals surface area contributed by atoms with Crippen LogP contribution in [0.2, 0.25) is 0 Å². The van der Waals surface area contributed by atoms with Crippen molar-refractivity contribution < 1.29 is 19.2 Å². The molecule has 0 aromatic carbocycles. The van der Waals surface area contributed by atoms with E-state index in [0.717, 1.165) is 32.1 Å². The van der Waals surface area contributed by atoms with Gasteiger partial charge in [-0.2, -0.15) is 5.06 Å². The van der Waals surface area contributed by atoms with Crippen LogP contribution < -0.4 is 10.6 Å². The first-order valence-corrected chi connectivity index (χ1v) is 14.8. The Morgan fingerprint density at radius 2 is 1.84 bits per heavy atom. The van der Waals surface area contributed by atoms with Crippen LogP contribution in [0, 0.1) is 17.8 Å². The van der Waals surface area contributed by atoms with Gasteiger partial charge in [0.2, 0.25) is 17.7 Å². The summed E-state index contributed by atoms with van der Waals surface area (Å²) in [6, 6.07) is -0.907. The van der Waals surface area contributed by atoms with Gasteiger partial charge in [0.15, 0.2) is 0 Å². The standard InChI is InChI=1S/C30H56N4O4/c1-8-9-10-13-16-24-17-14-11-12-15-18-25(30(37)33(4)5)21-26(22-34(6)38-7)31-29(36)27(19-23(2)3)32-28(35)20-24/h12,15,23-27H,8-11,13-14,16-22H2,1-7H3,(H,31,36)(H,32,35)/b15-12-/t24?,25?,26?,27-/m1/s1. The lowest BCUT2D eigenvalue weighted by atomic mass is 9.90. The van der Waals surface area contributed by atoms with E-state index in [9.17, 15) is 14.4 Å². The van der Waals surface area contributed by atoms with Gasteiger partial charge < -0.3 is 20.4 Å². The Bertz CT molecular complexity index is 725. The molecular weight excluding hydrogens is 480 g/mol. The number of carbonyl (C=O) groups excluding carboxylic acids is 3. The summed E-state index contributed by atoms with van der Waals surface area (Å²) < 4.78 is 0. The summed E-state index contributed by atoms with van der Waals surface area (Å²) in [7, 11) is 6.94. The quantitative estimate of drug-likeness (QED) is 0.227. The van der Waals surface area contributed by atoms with Gasteiger partial charge in [-0.15, -0.1) is 0 Å². The molecule has 2 N–H and O–H groups in total. The minimum atomic E-state index is -0.602. The maximum atomic E-state index is 13.5. The van der Waals surface area contributed by atoms with Crippen LogP contribution in [0.15, 0.2) is 12.2 Å². The van der Waals surface area contributed by atoms with E-state index >= 15 is 0 Å². The third-order valence-electron chi connectivity index (χ3n) is 7.36. The molecule has 3 unspecified atom stereocenters. The van der Waals surface area contributed by atoms with Gasteiger partial charge in [-0.1, -0.05) is 58.6 Å². The number of carbonyl (C=O) groups is 3. The van der Waals surface area contributed by atoms with Crippen LogP contribution in [0.25, 0.3) is 0 Å². The minimum Gasteiger partial charge on any atom is -0.350 e. The monoisotopic (exact) mass is 536 g/mol. The van der Waals surface area contributed by atoms with Crippen molar-refractivity contribution in [2.45, 2.75) is 110 Å². The lowest BCUT2D eigenvalue weighted by Crippen LogP contribution is -2.53. The maximum absolute atomic E-state index is 13.5. The molecule has 1 rings (SSSR count). The predicted molar refractivity (Wildman–Crippen MR) is 154 cm³/mol. The average Bonchev–Trinajstić information content (AvgIpc) is 2.85. The Balaban J connectivity index is 3.20. The fraction of sp³-hybridized carbons (Fsp3) is 0.833. The van der Waals surface area contributed by atoms with Crippen molar-refractivity contribution in [1.29, 1.82) is 0 Å². The van der Waals surface area contributed by atoms with Crippen LogP contribution in [0.4, 0.5) is 0 Å². The van der Waals surface area contributed by atoms with Crippen molar-refractivity contribution in [2.24, 2.45) is 17.8 Å². The summed E-state index contributed by atoms with van der Waals surface area (Å²) in [6.07, 6.45) is 15.2. The minimum absolute atomic E-state index is 0.0415. The zero-order chi connectivity index (χ0) is 28.5. The molecule has 0 saturated heterocycles. The molecule has 0 aromatic heterocycles. The summed E-state index contributed by atoms with van der Waals surface area (Å²) in [4.78, 5) is 46.7. The second kappa shape index (κ2) is 19.2. The van der Waals surface area contributed by atoms with E-state index in [-0.39, 0.29) is 35.6 Å². The summed E-state index contributed by atoms with van der Waals surface area (Å²) in [5.41, 5.74) is 0. The smallest absolute Gasteiger partial charge is 0.242 e. The van der Waals surface area contributed by atoms with Crippen molar-refractivity contribution in [1.82, 2.24) is 20.6 Å². The fourth-order valence-corrected chi connectivity index (χ4v) is 5.20. The lowest BCUT2D eigenvalue weighted by Gasteiger charge is -2.30. The number of hydrogen-bond acceptors (Lipinski definition) is 5. The lowest BCUT2D eigenvalue weighted by molar-refractivity contribution is -0.137. The van der Waals surface area contributed by atoms with Crippen LogP contribution in [-0.2, 0) is 19.2 Å². The molecule has 1 aliphatic rings. The maximum Gasteiger partial charge on any atom is 0.242 e. The van der Waals surface area contributed by atoms with Crippen LogP contribution in [-0.4, -0.2) is 74.6 Å². The predicted octanol–water partition coefficient (Wildman–Crippen LogP) is 4.70. The van der Waals surface area contributed by atoms with Crippen LogP contribution in [0.1, 0.15) is 97.8 Å². The molecule has 220 valence electrons. The first-order valence-electron chi connectivity index (χ1n) is 14.8. The Hall–Kier alpha value is -1.93. The van der Waals surface area contributed by atoms with Gasteiger partial charge in [-0.25, -0.2) is 0 Å². The number of unbranched alkanes of at least 4 members (excludes halogenated alkanes) is 3. The molecular formula is C30H56N4O4. The summed E-state index contributed by atoms with van der Waals surface area (Å²) in [5.74, 6) is 0.125. The fourth-order valence-electron chi connectivity index (χ4n) is 5.20. The van der Waals surface area contributed by atoms with E-state index < -0.39 is 6.04 Å². The molecule has 0 aliphatic carbocycles. The Morgan fingerprint density at radius 3 is 2.47 bits per heavy atom. The highest BCUT2D eigenvalue weighted by molar-refractivity contribution is 5.88. The van der Waals surface area contributed by atoms with E-state index in [1.807, 2.05) is 7.05 Å². The molecule has 0 radical (unpaired) electrons. The van der Waals surface area contributed by atoms with E-state index in [2.05, 4.69) is 43.6 Å². The first-order chi connectivity index (χ1) is 18.1. The number of allylic oxidation sites excluding steroid dienone is 2. The third kappa shape index (κ3) is 14.3. The zero-order valence-corrected chi connectivity index (χ0v) is 25.3. The van der Waals surface area contributed by atoms with Crippen molar-refractivity contribution >= 4 is 17.7 Å². The largest absolute Gasteiger partial charge is 0.350 e. The van der Waals surface area contributed by atoms with Crippen LogP contribution in [0.3, 0.4) is 0 Å². The summed E-state index contributed by atoms with van der Waals surface area (Å²) in [5, 5.41) is 7.88. The van der Waals surface area contributed by atoms with Gasteiger partial charge in [-0.05, 0) is 56.8 Å². The zero-order valence-electron chi connectivity index (χ0n) is 25.3. The van der Waals surface area contributed by atoms with Crippen molar-refractivity contribution in [3.8, 4) is 0 Å². The first kappa shape index (κ1) is 34.1. The van der Waals surface area contributed by atoms with Gasteiger partial charge in [0, 0.05) is 46.1 Å². The van der Waals surface area contributed by atoms with Crippen molar-refractivity contribution in [3.63, 3.8) is 0 Å². The van der Waals surface area contributed by atoms with Crippen molar-refractivity contribution in [3.05, 3.63) is 12.2 Å². The van der Waals surface area contributed by atoms with Crippen LogP contribution >= 0.6 is 0 Å². The number of rotatable bonds is 11. The van der Waals surface area contributed by atoms with Crippen molar-refractivity contribution in [2.75, 3.05) is 34.8 Å². The van der Waals surface area contributed by atoms with E-state index in [1.165, 1.54) is 19.3 Å². The second-order valence-corrected chi connectivity index (χ2v) is 11.7. The normalized spacial score (nSPS) is 25.2. The van der Waals surface area contributed by atoms with E-state index in [0.29, 0.717) is 38.1 Å². The topological polar surface area (TPSA) is 91.0 Å². The van der Waals surface area contributed by atoms with Gasteiger partial charge in [0.1, 0.15) is 6.04 Å². The molecule has 0 bridgehead atoms. The molecule has 0 aromatic rings. The van der Waals surface area contributed by atoms with Gasteiger partial charge >= 0.3 is 0 Å². The number of nitrogens with one attached hydrogen (secondary N) is 2. The summed E-state index contributed by atoms with van der Waals surface area (Å²) >= 11 is 0. The molecule has 1 aliphatic heterocycles. The summed E-state index contributed by atoms with van der Waals surface area (Å²) in [6.45, 7) is 6.76. The highest BCUT2D eigenvalue weighted by Gasteiger charge is 2.29. The number of hydrogen-bond donors (Lipinski definition) is 2. The molecule has 38 heavy (non-hydrogen) atoms. The molecule has 0 spiro atoms. The molecule has 0 saturated carbocycles. The Kier molecular flexibility index (Phi) is 17.2.